The minimum atomic E-state index is -1.07. The number of carbonyl (C=O) groups excluding carboxylic acids is 1. The van der Waals surface area contributed by atoms with Crippen molar-refractivity contribution in [3.63, 3.8) is 0 Å². The van der Waals surface area contributed by atoms with Crippen LogP contribution in [0.3, 0.4) is 0 Å². The Morgan fingerprint density at radius 1 is 1.29 bits per heavy atom. The molecule has 5 heteroatoms. The molecule has 5 nitrogen and oxygen atoms in total. The number of H-pyrrole nitrogens is 1. The number of hydrogen-bond acceptors (Lipinski definition) is 3. The van der Waals surface area contributed by atoms with Crippen LogP contribution in [0.2, 0.25) is 0 Å². The first-order valence-electron chi connectivity index (χ1n) is 4.97. The van der Waals surface area contributed by atoms with Crippen molar-refractivity contribution in [2.45, 2.75) is 6.92 Å². The summed E-state index contributed by atoms with van der Waals surface area (Å²) in [5, 5.41) is 8.88. The van der Waals surface area contributed by atoms with Crippen molar-refractivity contribution in [3.8, 4) is 0 Å². The molecular formula is C12H10N2O3. The number of aromatic amines is 1. The molecule has 0 amide bonds. The third-order valence-corrected chi connectivity index (χ3v) is 2.54. The molecular weight excluding hydrogens is 220 g/mol. The molecule has 0 aliphatic carbocycles. The summed E-state index contributed by atoms with van der Waals surface area (Å²) >= 11 is 0. The number of nitrogens with one attached hydrogen (secondary N) is 1. The lowest BCUT2D eigenvalue weighted by Crippen LogP contribution is -2.04. The third kappa shape index (κ3) is 1.94. The minimum absolute atomic E-state index is 0.0439. The summed E-state index contributed by atoms with van der Waals surface area (Å²) in [7, 11) is 0. The number of rotatable bonds is 3. The molecule has 0 saturated heterocycles. The maximum atomic E-state index is 12.1. The average molecular weight is 230 g/mol. The summed E-state index contributed by atoms with van der Waals surface area (Å²) in [5.74, 6) is -1.29. The van der Waals surface area contributed by atoms with Gasteiger partial charge in [-0.2, -0.15) is 0 Å². The number of aromatic carboxylic acids is 1. The Morgan fingerprint density at radius 3 is 2.47 bits per heavy atom. The first-order valence-corrected chi connectivity index (χ1v) is 4.97. The van der Waals surface area contributed by atoms with E-state index in [-0.39, 0.29) is 11.5 Å². The second kappa shape index (κ2) is 4.21. The number of hydrogen-bond donors (Lipinski definition) is 2. The fraction of sp³-hybridized carbons (Fsp3) is 0.0833. The van der Waals surface area contributed by atoms with Crippen LogP contribution in [0.5, 0.6) is 0 Å². The Kier molecular flexibility index (Phi) is 2.74. The molecule has 0 fully saturated rings. The molecule has 17 heavy (non-hydrogen) atoms. The summed E-state index contributed by atoms with van der Waals surface area (Å²) in [5.41, 5.74) is 1.34. The van der Waals surface area contributed by atoms with Crippen LogP contribution in [0.4, 0.5) is 0 Å². The van der Waals surface area contributed by atoms with E-state index in [2.05, 4.69) is 9.97 Å². The van der Waals surface area contributed by atoms with E-state index in [0.717, 1.165) is 0 Å². The molecule has 0 spiro atoms. The second-order valence-electron chi connectivity index (χ2n) is 3.57. The van der Waals surface area contributed by atoms with Crippen LogP contribution in [0.1, 0.15) is 32.0 Å². The van der Waals surface area contributed by atoms with Crippen molar-refractivity contribution >= 4 is 11.8 Å². The van der Waals surface area contributed by atoms with Gasteiger partial charge in [0.2, 0.25) is 0 Å². The molecule has 0 aliphatic rings. The van der Waals surface area contributed by atoms with Crippen LogP contribution < -0.4 is 0 Å². The fourth-order valence-electron chi connectivity index (χ4n) is 1.61. The van der Waals surface area contributed by atoms with Crippen LogP contribution >= 0.6 is 0 Å². The highest BCUT2D eigenvalue weighted by Gasteiger charge is 2.18. The van der Waals surface area contributed by atoms with E-state index in [4.69, 9.17) is 5.11 Å². The number of nitrogens with zero attached hydrogens (tertiary/aromatic N) is 1. The smallest absolute Gasteiger partial charge is 0.352 e. The van der Waals surface area contributed by atoms with Crippen LogP contribution in [0.15, 0.2) is 30.7 Å². The van der Waals surface area contributed by atoms with Gasteiger partial charge in [-0.3, -0.25) is 9.78 Å². The van der Waals surface area contributed by atoms with Crippen molar-refractivity contribution in [1.29, 1.82) is 0 Å². The lowest BCUT2D eigenvalue weighted by atomic mass is 10.0. The molecule has 0 aromatic carbocycles. The van der Waals surface area contributed by atoms with Crippen molar-refractivity contribution in [2.75, 3.05) is 0 Å². The molecule has 2 aromatic heterocycles. The molecule has 0 saturated carbocycles. The number of ketones is 1. The number of carboxylic acids is 1. The quantitative estimate of drug-likeness (QED) is 0.785. The molecule has 0 bridgehead atoms. The van der Waals surface area contributed by atoms with Gasteiger partial charge in [-0.05, 0) is 24.6 Å². The van der Waals surface area contributed by atoms with Gasteiger partial charge in [-0.25, -0.2) is 4.79 Å². The zero-order chi connectivity index (χ0) is 12.4. The van der Waals surface area contributed by atoms with Gasteiger partial charge in [0, 0.05) is 29.7 Å². The fourth-order valence-corrected chi connectivity index (χ4v) is 1.61. The highest BCUT2D eigenvalue weighted by Crippen LogP contribution is 2.16. The normalized spacial score (nSPS) is 10.2. The van der Waals surface area contributed by atoms with Crippen molar-refractivity contribution in [1.82, 2.24) is 9.97 Å². The number of carboxylic acid groups (broad SMARTS) is 1. The van der Waals surface area contributed by atoms with Crippen molar-refractivity contribution in [3.05, 3.63) is 53.1 Å². The summed E-state index contributed by atoms with van der Waals surface area (Å²) in [6.45, 7) is 1.61. The third-order valence-electron chi connectivity index (χ3n) is 2.54. The van der Waals surface area contributed by atoms with Crippen LogP contribution in [0.25, 0.3) is 0 Å². The summed E-state index contributed by atoms with van der Waals surface area (Å²) in [4.78, 5) is 29.3. The Bertz CT molecular complexity index is 573. The maximum absolute atomic E-state index is 12.1. The monoisotopic (exact) mass is 230 g/mol. The highest BCUT2D eigenvalue weighted by atomic mass is 16.4. The summed E-state index contributed by atoms with van der Waals surface area (Å²) < 4.78 is 0. The number of carbonyl (C=O) groups is 2. The maximum Gasteiger partial charge on any atom is 0.352 e. The number of aromatic nitrogens is 2. The molecule has 0 unspecified atom stereocenters. The SMILES string of the molecule is Cc1c(C(=O)c2ccncc2)c[nH]c1C(=O)O. The standard InChI is InChI=1S/C12H10N2O3/c1-7-9(6-14-10(7)12(16)17)11(15)8-2-4-13-5-3-8/h2-6,14H,1H3,(H,16,17). The van der Waals surface area contributed by atoms with Crippen molar-refractivity contribution in [2.24, 2.45) is 0 Å². The lowest BCUT2D eigenvalue weighted by Gasteiger charge is -1.99. The lowest BCUT2D eigenvalue weighted by molar-refractivity contribution is 0.0690. The van der Waals surface area contributed by atoms with E-state index in [1.54, 1.807) is 19.1 Å². The van der Waals surface area contributed by atoms with Gasteiger partial charge in [0.15, 0.2) is 5.78 Å². The molecule has 0 atom stereocenters. The number of pyridine rings is 1. The van der Waals surface area contributed by atoms with Gasteiger partial charge in [0.25, 0.3) is 0 Å². The molecule has 86 valence electrons. The van der Waals surface area contributed by atoms with Gasteiger partial charge in [-0.1, -0.05) is 0 Å². The Hall–Kier alpha value is -2.43. The zero-order valence-electron chi connectivity index (χ0n) is 9.10. The average Bonchev–Trinajstić information content (AvgIpc) is 2.71. The van der Waals surface area contributed by atoms with Gasteiger partial charge >= 0.3 is 5.97 Å². The summed E-state index contributed by atoms with van der Waals surface area (Å²) in [6.07, 6.45) is 4.46. The van der Waals surface area contributed by atoms with E-state index in [1.165, 1.54) is 18.6 Å². The summed E-state index contributed by atoms with van der Waals surface area (Å²) in [6, 6.07) is 3.18. The van der Waals surface area contributed by atoms with Gasteiger partial charge in [0.05, 0.1) is 0 Å². The van der Waals surface area contributed by atoms with Crippen LogP contribution in [-0.4, -0.2) is 26.8 Å². The van der Waals surface area contributed by atoms with Crippen molar-refractivity contribution < 1.29 is 14.7 Å². The van der Waals surface area contributed by atoms with E-state index in [0.29, 0.717) is 16.7 Å². The van der Waals surface area contributed by atoms with Gasteiger partial charge in [-0.15, -0.1) is 0 Å². The van der Waals surface area contributed by atoms with E-state index in [1.807, 2.05) is 0 Å². The first kappa shape index (κ1) is 11.1. The largest absolute Gasteiger partial charge is 0.477 e. The minimum Gasteiger partial charge on any atom is -0.477 e. The van der Waals surface area contributed by atoms with E-state index in [9.17, 15) is 9.59 Å². The van der Waals surface area contributed by atoms with E-state index >= 15 is 0 Å². The molecule has 2 N–H and O–H groups in total. The van der Waals surface area contributed by atoms with Crippen LogP contribution in [-0.2, 0) is 0 Å². The van der Waals surface area contributed by atoms with Gasteiger partial charge in [0.1, 0.15) is 5.69 Å². The topological polar surface area (TPSA) is 83.0 Å². The first-order chi connectivity index (χ1) is 8.11. The molecule has 0 aliphatic heterocycles. The predicted molar refractivity (Wildman–Crippen MR) is 60.2 cm³/mol. The Labute approximate surface area is 97.1 Å². The molecule has 2 heterocycles. The predicted octanol–water partition coefficient (Wildman–Crippen LogP) is 1.65. The molecule has 2 rings (SSSR count). The van der Waals surface area contributed by atoms with Crippen LogP contribution in [0, 0.1) is 6.92 Å². The Balaban J connectivity index is 2.42. The van der Waals surface area contributed by atoms with Gasteiger partial charge < -0.3 is 10.1 Å². The van der Waals surface area contributed by atoms with E-state index < -0.39 is 5.97 Å². The molecule has 0 radical (unpaired) electrons. The second-order valence-corrected chi connectivity index (χ2v) is 3.57. The molecule has 2 aromatic rings. The highest BCUT2D eigenvalue weighted by molar-refractivity contribution is 6.11. The zero-order valence-corrected chi connectivity index (χ0v) is 9.10. The Morgan fingerprint density at radius 2 is 1.94 bits per heavy atom.